The minimum Gasteiger partial charge on any atom is -0.344 e. The molecular weight excluding hydrogens is 354 g/mol. The van der Waals surface area contributed by atoms with Crippen LogP contribution < -0.4 is 5.32 Å². The Bertz CT molecular complexity index is 907. The molecule has 1 N–H and O–H groups in total. The lowest BCUT2D eigenvalue weighted by Crippen LogP contribution is -2.31. The molecule has 0 saturated heterocycles. The molecule has 9 heteroatoms. The first-order chi connectivity index (χ1) is 12.5. The van der Waals surface area contributed by atoms with Crippen LogP contribution in [-0.2, 0) is 0 Å². The van der Waals surface area contributed by atoms with E-state index in [4.69, 9.17) is 0 Å². The number of rotatable bonds is 6. The van der Waals surface area contributed by atoms with Crippen LogP contribution in [-0.4, -0.2) is 25.6 Å². The van der Waals surface area contributed by atoms with E-state index >= 15 is 0 Å². The maximum absolute atomic E-state index is 12.7. The normalized spacial score (nSPS) is 12.1. The van der Waals surface area contributed by atoms with Crippen molar-refractivity contribution in [1.82, 2.24) is 20.1 Å². The van der Waals surface area contributed by atoms with Gasteiger partial charge in [0.1, 0.15) is 18.3 Å². The third-order valence-electron chi connectivity index (χ3n) is 3.90. The Morgan fingerprint density at radius 1 is 1.35 bits per heavy atom. The number of nitrogens with zero attached hydrogens (tertiary/aromatic N) is 4. The second-order valence-corrected chi connectivity index (χ2v) is 6.99. The lowest BCUT2D eigenvalue weighted by molar-refractivity contribution is -0.384. The van der Waals surface area contributed by atoms with E-state index in [1.807, 2.05) is 31.4 Å². The maximum Gasteiger partial charge on any atom is 0.295 e. The summed E-state index contributed by atoms with van der Waals surface area (Å²) in [5, 5.41) is 20.3. The summed E-state index contributed by atoms with van der Waals surface area (Å²) < 4.78 is 1.29. The van der Waals surface area contributed by atoms with E-state index in [1.54, 1.807) is 17.4 Å². The summed E-state index contributed by atoms with van der Waals surface area (Å²) in [5.41, 5.74) is 0.269. The van der Waals surface area contributed by atoms with Gasteiger partial charge in [0, 0.05) is 16.5 Å². The fourth-order valence-electron chi connectivity index (χ4n) is 2.60. The fourth-order valence-corrected chi connectivity index (χ4v) is 3.55. The van der Waals surface area contributed by atoms with Crippen molar-refractivity contribution in [3.05, 3.63) is 68.9 Å². The third kappa shape index (κ3) is 3.62. The monoisotopic (exact) mass is 371 g/mol. The van der Waals surface area contributed by atoms with Gasteiger partial charge in [0.05, 0.1) is 11.0 Å². The first-order valence-corrected chi connectivity index (χ1v) is 8.83. The number of nitro groups is 1. The Balaban J connectivity index is 1.90. The predicted octanol–water partition coefficient (Wildman–Crippen LogP) is 3.36. The van der Waals surface area contributed by atoms with E-state index in [0.29, 0.717) is 0 Å². The van der Waals surface area contributed by atoms with Crippen LogP contribution in [0.25, 0.3) is 5.69 Å². The second kappa shape index (κ2) is 7.44. The van der Waals surface area contributed by atoms with Crippen molar-refractivity contribution in [1.29, 1.82) is 0 Å². The Hall–Kier alpha value is -3.07. The number of nitro benzene ring substituents is 1. The van der Waals surface area contributed by atoms with Gasteiger partial charge < -0.3 is 5.32 Å². The zero-order valence-electron chi connectivity index (χ0n) is 14.2. The molecule has 1 amide bonds. The molecule has 0 radical (unpaired) electrons. The molecule has 2 heterocycles. The van der Waals surface area contributed by atoms with Gasteiger partial charge in [0.2, 0.25) is 0 Å². The highest BCUT2D eigenvalue weighted by Crippen LogP contribution is 2.27. The number of aromatic nitrogens is 3. The number of thiophene rings is 1. The van der Waals surface area contributed by atoms with Crippen molar-refractivity contribution < 1.29 is 9.72 Å². The molecule has 1 aromatic carbocycles. The minimum absolute atomic E-state index is 0.156. The number of carbonyl (C=O) groups excluding carboxylic acids is 1. The van der Waals surface area contributed by atoms with Gasteiger partial charge in [0.25, 0.3) is 11.6 Å². The van der Waals surface area contributed by atoms with Crippen LogP contribution in [0.4, 0.5) is 5.69 Å². The molecule has 0 aliphatic rings. The zero-order chi connectivity index (χ0) is 18.7. The summed E-state index contributed by atoms with van der Waals surface area (Å²) in [5.74, 6) is -0.174. The van der Waals surface area contributed by atoms with Gasteiger partial charge >= 0.3 is 0 Å². The van der Waals surface area contributed by atoms with Crippen molar-refractivity contribution in [3.63, 3.8) is 0 Å². The van der Waals surface area contributed by atoms with Crippen LogP contribution in [0.5, 0.6) is 0 Å². The highest BCUT2D eigenvalue weighted by molar-refractivity contribution is 7.10. The number of benzene rings is 1. The molecule has 2 aromatic heterocycles. The average molecular weight is 371 g/mol. The Morgan fingerprint density at radius 3 is 2.73 bits per heavy atom. The van der Waals surface area contributed by atoms with E-state index in [2.05, 4.69) is 15.4 Å². The van der Waals surface area contributed by atoms with Gasteiger partial charge in [-0.3, -0.25) is 14.9 Å². The summed E-state index contributed by atoms with van der Waals surface area (Å²) in [4.78, 5) is 28.4. The van der Waals surface area contributed by atoms with Gasteiger partial charge in [-0.15, -0.1) is 11.3 Å². The van der Waals surface area contributed by atoms with Crippen LogP contribution in [0.1, 0.15) is 35.1 Å². The van der Waals surface area contributed by atoms with Crippen LogP contribution >= 0.6 is 11.3 Å². The Labute approximate surface area is 153 Å². The standard InChI is InChI=1S/C17H17N5O3S/c1-11(2)16(15-4-3-7-26-15)20-17(23)12-5-6-13(14(8-12)22(24)25)21-10-18-9-19-21/h3-11,16H,1-2H3,(H,20,23)/t16-/m1/s1. The van der Waals surface area contributed by atoms with Gasteiger partial charge in [-0.25, -0.2) is 9.67 Å². The molecule has 3 rings (SSSR count). The molecule has 0 spiro atoms. The summed E-state index contributed by atoms with van der Waals surface area (Å²) in [6.07, 6.45) is 2.66. The molecule has 0 saturated carbocycles. The largest absolute Gasteiger partial charge is 0.344 e. The zero-order valence-corrected chi connectivity index (χ0v) is 15.0. The second-order valence-electron chi connectivity index (χ2n) is 6.01. The van der Waals surface area contributed by atoms with Gasteiger partial charge in [0.15, 0.2) is 0 Å². The first-order valence-electron chi connectivity index (χ1n) is 7.95. The minimum atomic E-state index is -0.535. The lowest BCUT2D eigenvalue weighted by Gasteiger charge is -2.21. The third-order valence-corrected chi connectivity index (χ3v) is 4.86. The van der Waals surface area contributed by atoms with E-state index in [9.17, 15) is 14.9 Å². The van der Waals surface area contributed by atoms with Gasteiger partial charge in [-0.05, 0) is 29.5 Å². The van der Waals surface area contributed by atoms with E-state index in [-0.39, 0.29) is 34.8 Å². The molecule has 0 bridgehead atoms. The maximum atomic E-state index is 12.7. The average Bonchev–Trinajstić information content (AvgIpc) is 3.32. The van der Waals surface area contributed by atoms with Gasteiger partial charge in [-0.1, -0.05) is 19.9 Å². The molecule has 0 aliphatic heterocycles. The summed E-state index contributed by atoms with van der Waals surface area (Å²) in [6, 6.07) is 8.04. The molecule has 26 heavy (non-hydrogen) atoms. The number of amides is 1. The highest BCUT2D eigenvalue weighted by atomic mass is 32.1. The number of carbonyl (C=O) groups is 1. The Kier molecular flexibility index (Phi) is 5.08. The number of hydrogen-bond donors (Lipinski definition) is 1. The summed E-state index contributed by atoms with van der Waals surface area (Å²) >= 11 is 1.56. The van der Waals surface area contributed by atoms with E-state index in [1.165, 1.54) is 29.5 Å². The lowest BCUT2D eigenvalue weighted by atomic mass is 10.0. The molecule has 0 aliphatic carbocycles. The van der Waals surface area contributed by atoms with Crippen LogP contribution in [0.15, 0.2) is 48.4 Å². The summed E-state index contributed by atoms with van der Waals surface area (Å²) in [7, 11) is 0. The van der Waals surface area contributed by atoms with E-state index in [0.717, 1.165) is 4.88 Å². The van der Waals surface area contributed by atoms with Crippen molar-refractivity contribution in [2.75, 3.05) is 0 Å². The predicted molar refractivity (Wildman–Crippen MR) is 97.4 cm³/mol. The molecule has 1 atom stereocenters. The fraction of sp³-hybridized carbons (Fsp3) is 0.235. The number of hydrogen-bond acceptors (Lipinski definition) is 6. The topological polar surface area (TPSA) is 103 Å². The van der Waals surface area contributed by atoms with Crippen LogP contribution in [0.3, 0.4) is 0 Å². The van der Waals surface area contributed by atoms with Crippen molar-refractivity contribution in [3.8, 4) is 5.69 Å². The summed E-state index contributed by atoms with van der Waals surface area (Å²) in [6.45, 7) is 4.03. The molecule has 0 unspecified atom stereocenters. The molecule has 134 valence electrons. The van der Waals surface area contributed by atoms with Crippen LogP contribution in [0.2, 0.25) is 0 Å². The first kappa shape index (κ1) is 17.7. The van der Waals surface area contributed by atoms with Gasteiger partial charge in [-0.2, -0.15) is 5.10 Å². The van der Waals surface area contributed by atoms with Crippen molar-refractivity contribution >= 4 is 22.9 Å². The molecular formula is C17H17N5O3S. The van der Waals surface area contributed by atoms with Crippen LogP contribution in [0, 0.1) is 16.0 Å². The van der Waals surface area contributed by atoms with Crippen molar-refractivity contribution in [2.24, 2.45) is 5.92 Å². The smallest absolute Gasteiger partial charge is 0.295 e. The number of nitrogens with one attached hydrogen (secondary N) is 1. The van der Waals surface area contributed by atoms with Crippen molar-refractivity contribution in [2.45, 2.75) is 19.9 Å². The molecule has 3 aromatic rings. The molecule has 0 fully saturated rings. The Morgan fingerprint density at radius 2 is 2.15 bits per heavy atom. The molecule has 8 nitrogen and oxygen atoms in total. The highest BCUT2D eigenvalue weighted by Gasteiger charge is 2.23. The quantitative estimate of drug-likeness (QED) is 0.528. The SMILES string of the molecule is CC(C)[C@@H](NC(=O)c1ccc(-n2cncn2)c([N+](=O)[O-])c1)c1cccs1. The van der Waals surface area contributed by atoms with E-state index < -0.39 is 4.92 Å².